The average Bonchev–Trinajstić information content (AvgIpc) is 3.65. The minimum atomic E-state index is -2.13. The summed E-state index contributed by atoms with van der Waals surface area (Å²) >= 11 is -0.516. The first kappa shape index (κ1) is 45.9. The van der Waals surface area contributed by atoms with Crippen LogP contribution in [-0.2, 0) is 24.2 Å². The molecule has 13 heteroatoms. The van der Waals surface area contributed by atoms with E-state index < -0.39 is 37.8 Å². The first-order valence-corrected chi connectivity index (χ1v) is 37.5. The molecule has 0 spiro atoms. The van der Waals surface area contributed by atoms with Gasteiger partial charge in [0.1, 0.15) is 44.4 Å². The van der Waals surface area contributed by atoms with E-state index in [4.69, 9.17) is 48.3 Å². The molecule has 0 unspecified atom stereocenters. The molecule has 1 aliphatic rings. The summed E-state index contributed by atoms with van der Waals surface area (Å²) < 4.78 is 35.8. The summed E-state index contributed by atoms with van der Waals surface area (Å²) in [6.07, 6.45) is 0. The van der Waals surface area contributed by atoms with Gasteiger partial charge in [-0.1, -0.05) is 159 Å². The first-order chi connectivity index (χ1) is 33.2. The van der Waals surface area contributed by atoms with Gasteiger partial charge in [-0.3, -0.25) is 0 Å². The average molecular weight is 1290 g/mol. The molecule has 0 atom stereocenters. The van der Waals surface area contributed by atoms with Crippen molar-refractivity contribution in [3.63, 3.8) is 0 Å². The number of fused-ring (bicyclic) bond motifs is 16. The van der Waals surface area contributed by atoms with Crippen LogP contribution in [0.3, 0.4) is 0 Å². The van der Waals surface area contributed by atoms with Crippen molar-refractivity contribution < 1.29 is 40.3 Å². The molecule has 0 fully saturated rings. The summed E-state index contributed by atoms with van der Waals surface area (Å²) in [5.74, 6) is 1.47. The Morgan fingerprint density at radius 3 is 0.956 bits per heavy atom. The zero-order chi connectivity index (χ0) is 46.7. The third kappa shape index (κ3) is 8.02. The van der Waals surface area contributed by atoms with E-state index in [0.717, 1.165) is 120 Å². The Balaban J connectivity index is 0.000000806. The quantitative estimate of drug-likeness (QED) is 0.161. The number of rotatable bonds is 2. The van der Waals surface area contributed by atoms with E-state index in [2.05, 4.69) is 205 Å². The minimum absolute atomic E-state index is 0.457. The van der Waals surface area contributed by atoms with Crippen LogP contribution < -0.4 is 4.74 Å². The Hall–Kier alpha value is -4.51. The predicted octanol–water partition coefficient (Wildman–Crippen LogP) is 20.3. The van der Waals surface area contributed by atoms with E-state index in [-0.39, 0.29) is 0 Å². The van der Waals surface area contributed by atoms with E-state index in [1.54, 1.807) is 18.8 Å². The molecule has 338 valence electrons. The fourth-order valence-corrected chi connectivity index (χ4v) is 12.6. The molecule has 0 bridgehead atoms. The van der Waals surface area contributed by atoms with Crippen molar-refractivity contribution in [2.75, 3.05) is 0 Å². The molecule has 0 saturated heterocycles. The molecule has 0 aliphatic carbocycles. The van der Waals surface area contributed by atoms with Gasteiger partial charge in [0, 0.05) is 38.1 Å². The van der Waals surface area contributed by atoms with Crippen molar-refractivity contribution >= 4 is 156 Å². The predicted molar refractivity (Wildman–Crippen MR) is 287 cm³/mol. The molecule has 1 radical (unpaired) electrons. The summed E-state index contributed by atoms with van der Waals surface area (Å²) in [7, 11) is 16.1. The van der Waals surface area contributed by atoms with Gasteiger partial charge in [-0.15, -0.1) is 0 Å². The van der Waals surface area contributed by atoms with Gasteiger partial charge >= 0.3 is 71.3 Å². The van der Waals surface area contributed by atoms with Crippen molar-refractivity contribution in [1.82, 2.24) is 0 Å². The zero-order valence-electron chi connectivity index (χ0n) is 36.1. The number of hydrogen-bond donors (Lipinski definition) is 0. The summed E-state index contributed by atoms with van der Waals surface area (Å²) in [6, 6.07) is 63.6. The van der Waals surface area contributed by atoms with Gasteiger partial charge in [0.2, 0.25) is 0 Å². The number of halogens is 4. The summed E-state index contributed by atoms with van der Waals surface area (Å²) in [5.41, 5.74) is 4.77. The van der Waals surface area contributed by atoms with Crippen LogP contribution in [0.5, 0.6) is 11.5 Å². The maximum atomic E-state index is 7.31. The van der Waals surface area contributed by atoms with Crippen molar-refractivity contribution in [3.8, 4) is 22.1 Å². The van der Waals surface area contributed by atoms with Crippen LogP contribution in [0.15, 0.2) is 199 Å². The van der Waals surface area contributed by atoms with Gasteiger partial charge in [0.25, 0.3) is 16.0 Å². The molecule has 0 amide bonds. The number of hydrogen-bond acceptors (Lipinski definition) is 5. The molecular weight excluding hydrogens is 1260 g/mol. The van der Waals surface area contributed by atoms with Gasteiger partial charge in [-0.2, -0.15) is 0 Å². The molecule has 12 aromatic rings. The van der Waals surface area contributed by atoms with Gasteiger partial charge in [-0.05, 0) is 79.5 Å². The molecule has 0 saturated carbocycles. The topological polar surface area (TPSA) is 61.8 Å². The first-order valence-electron chi connectivity index (χ1n) is 21.5. The SMILES string of the molecule is CC1(C)c2cccc(-p3oc4ccc5ccccc5c4c4c(ccc5ccccc54)o3)c2Oc2c(-p3oc4ccc5ccccc5c4c4c(ccc5ccccc54)o3)cccc21.[Cl][Pt].[Cl][Sn]([Cl])[Cl]. The second kappa shape index (κ2) is 19.0. The molecule has 68 heavy (non-hydrogen) atoms. The van der Waals surface area contributed by atoms with Crippen molar-refractivity contribution in [2.45, 2.75) is 19.3 Å². The normalized spacial score (nSPS) is 12.7. The van der Waals surface area contributed by atoms with Gasteiger partial charge < -0.3 is 21.5 Å². The molecular formula is C55H36Cl4O5P2PtSn. The fourth-order valence-electron chi connectivity index (χ4n) is 9.72. The van der Waals surface area contributed by atoms with Crippen LogP contribution in [0.1, 0.15) is 25.0 Å². The third-order valence-corrected chi connectivity index (χ3v) is 15.7. The Bertz CT molecular complexity index is 3590. The van der Waals surface area contributed by atoms with Crippen LogP contribution in [-0.4, -0.2) is 16.4 Å². The van der Waals surface area contributed by atoms with E-state index in [9.17, 15) is 0 Å². The summed E-state index contributed by atoms with van der Waals surface area (Å²) in [4.78, 5) is 0. The van der Waals surface area contributed by atoms with Gasteiger partial charge in [0.15, 0.2) is 0 Å². The van der Waals surface area contributed by atoms with Crippen LogP contribution in [0.25, 0.3) is 97.6 Å². The Morgan fingerprint density at radius 1 is 0.382 bits per heavy atom. The van der Waals surface area contributed by atoms with Crippen molar-refractivity contribution in [3.05, 3.63) is 193 Å². The monoisotopic (exact) mass is 1290 g/mol. The van der Waals surface area contributed by atoms with Crippen LogP contribution >= 0.6 is 52.2 Å². The van der Waals surface area contributed by atoms with E-state index in [1.807, 2.05) is 0 Å². The van der Waals surface area contributed by atoms with Gasteiger partial charge in [0.05, 0.1) is 0 Å². The Morgan fingerprint density at radius 2 is 0.662 bits per heavy atom. The van der Waals surface area contributed by atoms with Crippen molar-refractivity contribution in [2.24, 2.45) is 0 Å². The molecule has 13 rings (SSSR count). The fraction of sp³-hybridized carbons (Fsp3) is 0.0545. The molecule has 1 aliphatic heterocycles. The second-order valence-electron chi connectivity index (χ2n) is 16.8. The number of para-hydroxylation sites is 2. The van der Waals surface area contributed by atoms with Crippen LogP contribution in [0.2, 0.25) is 0 Å². The molecule has 0 N–H and O–H groups in total. The Labute approximate surface area is 426 Å². The van der Waals surface area contributed by atoms with Crippen LogP contribution in [0.4, 0.5) is 0 Å². The van der Waals surface area contributed by atoms with E-state index in [1.165, 1.54) is 0 Å². The molecule has 2 aromatic heterocycles. The Kier molecular flexibility index (Phi) is 12.8. The molecule has 3 heterocycles. The van der Waals surface area contributed by atoms with E-state index >= 15 is 0 Å². The zero-order valence-corrected chi connectivity index (χ0v) is 46.0. The standard InChI is InChI=1S/C55H36O5P2.4ClH.Pt.Sn/c1-55(2)41-21-11-23-47(61-57-43-29-25-33-13-3-7-17-37(33)49(43)50-38-18-8-4-14-34(38)26-30-44(50)58-61)53(41)56-54-42(55)22-12-24-48(54)62-59-45-31-27-35-15-5-9-19-39(35)51(45)52-40-20-10-6-16-36(40)28-32-46(52)60-62;;;;;;/h3-32H,1-2H3;4*1H;;/q;;;;;+1;+3/p-4. The number of ether oxygens (including phenoxy) is 1. The summed E-state index contributed by atoms with van der Waals surface area (Å²) in [6.45, 7) is 4.52. The van der Waals surface area contributed by atoms with Crippen molar-refractivity contribution in [1.29, 1.82) is 0 Å². The second-order valence-corrected chi connectivity index (χ2v) is 32.2. The van der Waals surface area contributed by atoms with Gasteiger partial charge in [-0.25, -0.2) is 0 Å². The third-order valence-electron chi connectivity index (χ3n) is 12.7. The summed E-state index contributed by atoms with van der Waals surface area (Å²) in [5, 5.41) is 14.9. The number of benzene rings is 10. The van der Waals surface area contributed by atoms with Crippen LogP contribution in [0, 0.1) is 0 Å². The maximum absolute atomic E-state index is 7.31. The molecule has 5 nitrogen and oxygen atoms in total. The van der Waals surface area contributed by atoms with E-state index in [0.29, 0.717) is 0 Å². The molecule has 10 aromatic carbocycles.